The van der Waals surface area contributed by atoms with E-state index in [4.69, 9.17) is 0 Å². The minimum Gasteiger partial charge on any atom is -0.388 e. The van der Waals surface area contributed by atoms with Crippen molar-refractivity contribution in [2.75, 3.05) is 31.1 Å². The molecule has 0 amide bonds. The summed E-state index contributed by atoms with van der Waals surface area (Å²) in [6.45, 7) is 5.26. The van der Waals surface area contributed by atoms with Crippen LogP contribution in [-0.2, 0) is 0 Å². The molecule has 6 nitrogen and oxygen atoms in total. The van der Waals surface area contributed by atoms with Gasteiger partial charge < -0.3 is 10.0 Å². The summed E-state index contributed by atoms with van der Waals surface area (Å²) in [4.78, 5) is 16.1. The van der Waals surface area contributed by atoms with Crippen molar-refractivity contribution in [3.8, 4) is 0 Å². The van der Waals surface area contributed by atoms with Crippen molar-refractivity contribution in [3.63, 3.8) is 0 Å². The van der Waals surface area contributed by atoms with Gasteiger partial charge in [0.1, 0.15) is 0 Å². The molecule has 1 aliphatic heterocycles. The van der Waals surface area contributed by atoms with Crippen LogP contribution in [0.1, 0.15) is 30.7 Å². The van der Waals surface area contributed by atoms with Gasteiger partial charge in [-0.25, -0.2) is 0 Å². The Kier molecular flexibility index (Phi) is 3.66. The lowest BCUT2D eigenvalue weighted by Gasteiger charge is -2.35. The fourth-order valence-electron chi connectivity index (χ4n) is 2.68. The Morgan fingerprint density at radius 1 is 1.40 bits per heavy atom. The maximum absolute atomic E-state index is 11.2. The van der Waals surface area contributed by atoms with Gasteiger partial charge in [-0.15, -0.1) is 11.3 Å². The highest BCUT2D eigenvalue weighted by Crippen LogP contribution is 2.40. The summed E-state index contributed by atoms with van der Waals surface area (Å²) in [5, 5.41) is 21.5. The first-order valence-corrected chi connectivity index (χ1v) is 7.83. The van der Waals surface area contributed by atoms with Gasteiger partial charge in [-0.05, 0) is 19.8 Å². The van der Waals surface area contributed by atoms with Crippen LogP contribution in [0.5, 0.6) is 0 Å². The lowest BCUT2D eigenvalue weighted by Crippen LogP contribution is -2.47. The van der Waals surface area contributed by atoms with E-state index in [1.165, 1.54) is 30.2 Å². The third kappa shape index (κ3) is 2.65. The molecule has 1 atom stereocenters. The molecule has 1 saturated carbocycles. The Bertz CT molecular complexity index is 505. The average molecular weight is 297 g/mol. The van der Waals surface area contributed by atoms with E-state index in [1.54, 1.807) is 6.92 Å². The molecule has 2 aliphatic rings. The molecule has 1 aliphatic carbocycles. The lowest BCUT2D eigenvalue weighted by atomic mass is 10.3. The number of hydrogen-bond acceptors (Lipinski definition) is 6. The molecular weight excluding hydrogens is 278 g/mol. The van der Waals surface area contributed by atoms with Gasteiger partial charge in [-0.3, -0.25) is 15.0 Å². The maximum atomic E-state index is 11.2. The predicted molar refractivity (Wildman–Crippen MR) is 78.4 cm³/mol. The molecule has 1 saturated heterocycles. The van der Waals surface area contributed by atoms with Crippen LogP contribution < -0.4 is 4.90 Å². The molecule has 0 radical (unpaired) electrons. The second kappa shape index (κ2) is 5.31. The number of nitrogens with zero attached hydrogens (tertiary/aromatic N) is 3. The summed E-state index contributed by atoms with van der Waals surface area (Å²) in [7, 11) is 0. The number of piperazine rings is 1. The topological polar surface area (TPSA) is 69.8 Å². The van der Waals surface area contributed by atoms with E-state index in [9.17, 15) is 15.2 Å². The fraction of sp³-hybridized carbons (Fsp3) is 0.692. The molecule has 1 N–H and O–H groups in total. The van der Waals surface area contributed by atoms with Gasteiger partial charge in [-0.1, -0.05) is 0 Å². The minimum absolute atomic E-state index is 0.130. The number of nitro groups is 1. The van der Waals surface area contributed by atoms with Crippen LogP contribution in [0.4, 0.5) is 10.7 Å². The van der Waals surface area contributed by atoms with Crippen molar-refractivity contribution >= 4 is 22.0 Å². The van der Waals surface area contributed by atoms with Crippen LogP contribution in [0.3, 0.4) is 0 Å². The van der Waals surface area contributed by atoms with E-state index in [0.717, 1.165) is 32.2 Å². The highest BCUT2D eigenvalue weighted by molar-refractivity contribution is 7.16. The van der Waals surface area contributed by atoms with Crippen molar-refractivity contribution in [2.45, 2.75) is 31.9 Å². The molecule has 0 aromatic carbocycles. The minimum atomic E-state index is -0.653. The van der Waals surface area contributed by atoms with Crippen molar-refractivity contribution in [2.24, 2.45) is 0 Å². The second-order valence-corrected chi connectivity index (χ2v) is 6.59. The first-order chi connectivity index (χ1) is 9.56. The fourth-order valence-corrected chi connectivity index (χ4v) is 3.80. The van der Waals surface area contributed by atoms with Gasteiger partial charge in [-0.2, -0.15) is 0 Å². The maximum Gasteiger partial charge on any atom is 0.304 e. The predicted octanol–water partition coefficient (Wildman–Crippen LogP) is 1.99. The molecule has 2 heterocycles. The Hall–Kier alpha value is -1.18. The zero-order chi connectivity index (χ0) is 14.3. The van der Waals surface area contributed by atoms with E-state index in [2.05, 4.69) is 9.80 Å². The van der Waals surface area contributed by atoms with E-state index in [1.807, 2.05) is 0 Å². The molecule has 1 aromatic rings. The average Bonchev–Trinajstić information content (AvgIpc) is 3.16. The Morgan fingerprint density at radius 2 is 2.05 bits per heavy atom. The number of rotatable bonds is 4. The molecular formula is C13H19N3O3S. The Balaban J connectivity index is 1.77. The molecule has 0 spiro atoms. The number of thiophene rings is 1. The quantitative estimate of drug-likeness (QED) is 0.680. The lowest BCUT2D eigenvalue weighted by molar-refractivity contribution is -0.383. The third-order valence-electron chi connectivity index (χ3n) is 3.99. The summed E-state index contributed by atoms with van der Waals surface area (Å²) in [6, 6.07) is 2.27. The van der Waals surface area contributed by atoms with Gasteiger partial charge in [0.25, 0.3) is 0 Å². The number of aliphatic hydroxyl groups is 1. The van der Waals surface area contributed by atoms with Crippen LogP contribution in [0.25, 0.3) is 0 Å². The van der Waals surface area contributed by atoms with Crippen LogP contribution in [0, 0.1) is 10.1 Å². The van der Waals surface area contributed by atoms with Crippen molar-refractivity contribution in [1.82, 2.24) is 4.90 Å². The summed E-state index contributed by atoms with van der Waals surface area (Å²) < 4.78 is 0. The SMILES string of the molecule is C[C@H](O)c1cc([N+](=O)[O-])c(N2CCN(C3CC3)CC2)s1. The Morgan fingerprint density at radius 3 is 2.55 bits per heavy atom. The largest absolute Gasteiger partial charge is 0.388 e. The number of aliphatic hydroxyl groups excluding tert-OH is 1. The number of hydrogen-bond donors (Lipinski definition) is 1. The highest BCUT2D eigenvalue weighted by atomic mass is 32.1. The molecule has 3 rings (SSSR count). The standard InChI is InChI=1S/C13H19N3O3S/c1-9(17)12-8-11(16(18)19)13(20-12)15-6-4-14(5-7-15)10-2-3-10/h8-10,17H,2-7H2,1H3/t9-/m0/s1. The second-order valence-electron chi connectivity index (χ2n) is 5.53. The zero-order valence-corrected chi connectivity index (χ0v) is 12.3. The van der Waals surface area contributed by atoms with Gasteiger partial charge >= 0.3 is 5.69 Å². The van der Waals surface area contributed by atoms with E-state index < -0.39 is 6.10 Å². The van der Waals surface area contributed by atoms with Crippen LogP contribution in [0.15, 0.2) is 6.07 Å². The number of anilines is 1. The molecule has 7 heteroatoms. The van der Waals surface area contributed by atoms with Gasteiger partial charge in [0.2, 0.25) is 0 Å². The van der Waals surface area contributed by atoms with Gasteiger partial charge in [0.15, 0.2) is 5.00 Å². The molecule has 2 fully saturated rings. The van der Waals surface area contributed by atoms with Crippen LogP contribution in [0.2, 0.25) is 0 Å². The first kappa shape index (κ1) is 13.8. The highest BCUT2D eigenvalue weighted by Gasteiger charge is 2.33. The van der Waals surface area contributed by atoms with Crippen molar-refractivity contribution < 1.29 is 10.0 Å². The van der Waals surface area contributed by atoms with Crippen LogP contribution >= 0.6 is 11.3 Å². The van der Waals surface area contributed by atoms with Gasteiger partial charge in [0, 0.05) is 43.2 Å². The van der Waals surface area contributed by atoms with Gasteiger partial charge in [0.05, 0.1) is 11.0 Å². The molecule has 0 bridgehead atoms. The van der Waals surface area contributed by atoms with Crippen LogP contribution in [-0.4, -0.2) is 47.2 Å². The zero-order valence-electron chi connectivity index (χ0n) is 11.5. The van der Waals surface area contributed by atoms with Crippen molar-refractivity contribution in [1.29, 1.82) is 0 Å². The van der Waals surface area contributed by atoms with Crippen molar-refractivity contribution in [3.05, 3.63) is 21.1 Å². The normalized spacial score (nSPS) is 22.0. The molecule has 110 valence electrons. The summed E-state index contributed by atoms with van der Waals surface area (Å²) in [5.41, 5.74) is 0.130. The smallest absolute Gasteiger partial charge is 0.304 e. The summed E-state index contributed by atoms with van der Waals surface area (Å²) in [5.74, 6) is 0. The van der Waals surface area contributed by atoms with E-state index >= 15 is 0 Å². The third-order valence-corrected chi connectivity index (χ3v) is 5.34. The van der Waals surface area contributed by atoms with E-state index in [0.29, 0.717) is 9.88 Å². The first-order valence-electron chi connectivity index (χ1n) is 7.01. The molecule has 20 heavy (non-hydrogen) atoms. The molecule has 0 unspecified atom stereocenters. The Labute approximate surface area is 121 Å². The monoisotopic (exact) mass is 297 g/mol. The summed E-state index contributed by atoms with van der Waals surface area (Å²) >= 11 is 1.34. The molecule has 1 aromatic heterocycles. The summed E-state index contributed by atoms with van der Waals surface area (Å²) in [6.07, 6.45) is 1.94. The van der Waals surface area contributed by atoms with E-state index in [-0.39, 0.29) is 10.6 Å².